The summed E-state index contributed by atoms with van der Waals surface area (Å²) in [4.78, 5) is 2.45. The highest BCUT2D eigenvalue weighted by Crippen LogP contribution is 2.34. The quantitative estimate of drug-likeness (QED) is 0.902. The Morgan fingerprint density at radius 1 is 1.26 bits per heavy atom. The molecule has 3 nitrogen and oxygen atoms in total. The Morgan fingerprint density at radius 2 is 2.00 bits per heavy atom. The third kappa shape index (κ3) is 3.08. The number of nitrogens with zero attached hydrogens (tertiary/aromatic N) is 2. The summed E-state index contributed by atoms with van der Waals surface area (Å²) in [5.74, 6) is 0.964. The van der Waals surface area contributed by atoms with Gasteiger partial charge in [0.05, 0.1) is 11.6 Å². The van der Waals surface area contributed by atoms with E-state index in [1.54, 1.807) is 0 Å². The Labute approximate surface area is 115 Å². The summed E-state index contributed by atoms with van der Waals surface area (Å²) in [5, 5.41) is 12.6. The molecular weight excluding hydrogens is 234 g/mol. The van der Waals surface area contributed by atoms with Crippen molar-refractivity contribution in [1.29, 1.82) is 5.26 Å². The molecule has 1 saturated heterocycles. The lowest BCUT2D eigenvalue weighted by Crippen LogP contribution is -2.55. The van der Waals surface area contributed by atoms with E-state index in [-0.39, 0.29) is 0 Å². The van der Waals surface area contributed by atoms with E-state index in [9.17, 15) is 0 Å². The first-order chi connectivity index (χ1) is 9.24. The van der Waals surface area contributed by atoms with Crippen LogP contribution in [0.2, 0.25) is 0 Å². The van der Waals surface area contributed by atoms with Gasteiger partial charge >= 0.3 is 0 Å². The molecule has 0 amide bonds. The molecular formula is C16H21N3. The van der Waals surface area contributed by atoms with Crippen LogP contribution in [0.15, 0.2) is 24.3 Å². The fourth-order valence-corrected chi connectivity index (χ4v) is 3.04. The van der Waals surface area contributed by atoms with E-state index in [4.69, 9.17) is 5.26 Å². The van der Waals surface area contributed by atoms with Crippen molar-refractivity contribution in [2.75, 3.05) is 18.0 Å². The second-order valence-electron chi connectivity index (χ2n) is 6.01. The number of hydrogen-bond acceptors (Lipinski definition) is 3. The molecule has 2 atom stereocenters. The number of hydrogen-bond donors (Lipinski definition) is 1. The van der Waals surface area contributed by atoms with Gasteiger partial charge in [0.2, 0.25) is 0 Å². The molecule has 0 radical (unpaired) electrons. The topological polar surface area (TPSA) is 39.1 Å². The summed E-state index contributed by atoms with van der Waals surface area (Å²) in [6, 6.07) is 11.3. The number of anilines is 1. The molecule has 1 aliphatic heterocycles. The van der Waals surface area contributed by atoms with Crippen LogP contribution in [0.4, 0.5) is 5.69 Å². The van der Waals surface area contributed by atoms with Crippen molar-refractivity contribution < 1.29 is 0 Å². The minimum absolute atomic E-state index is 0.535. The summed E-state index contributed by atoms with van der Waals surface area (Å²) in [7, 11) is 0. The van der Waals surface area contributed by atoms with Gasteiger partial charge in [0.15, 0.2) is 0 Å². The molecule has 1 aromatic rings. The number of piperazine rings is 1. The minimum atomic E-state index is 0.535. The lowest BCUT2D eigenvalue weighted by Gasteiger charge is -2.39. The fraction of sp³-hybridized carbons (Fsp3) is 0.562. The van der Waals surface area contributed by atoms with Crippen LogP contribution in [0.25, 0.3) is 0 Å². The van der Waals surface area contributed by atoms with Crippen molar-refractivity contribution in [1.82, 2.24) is 5.32 Å². The van der Waals surface area contributed by atoms with Gasteiger partial charge < -0.3 is 10.2 Å². The first-order valence-corrected chi connectivity index (χ1v) is 7.26. The van der Waals surface area contributed by atoms with E-state index >= 15 is 0 Å². The van der Waals surface area contributed by atoms with Crippen LogP contribution in [0.1, 0.15) is 31.7 Å². The Balaban J connectivity index is 1.69. The standard InChI is InChI=1S/C16H21N3/c1-12-10-19(11-15(18-12)8-13-2-3-13)16-6-4-14(9-17)5-7-16/h4-7,12-13,15,18H,2-3,8,10-11H2,1H3. The highest BCUT2D eigenvalue weighted by Gasteiger charge is 2.30. The van der Waals surface area contributed by atoms with Gasteiger partial charge in [-0.15, -0.1) is 0 Å². The SMILES string of the molecule is CC1CN(c2ccc(C#N)cc2)CC(CC2CC2)N1. The van der Waals surface area contributed by atoms with Crippen LogP contribution in [-0.2, 0) is 0 Å². The number of nitrogens with one attached hydrogen (secondary N) is 1. The van der Waals surface area contributed by atoms with E-state index in [0.29, 0.717) is 12.1 Å². The Hall–Kier alpha value is -1.53. The van der Waals surface area contributed by atoms with E-state index < -0.39 is 0 Å². The molecule has 1 aromatic carbocycles. The molecule has 1 heterocycles. The van der Waals surface area contributed by atoms with E-state index in [2.05, 4.69) is 35.3 Å². The summed E-state index contributed by atoms with van der Waals surface area (Å²) >= 11 is 0. The molecule has 2 aliphatic rings. The van der Waals surface area contributed by atoms with Crippen LogP contribution >= 0.6 is 0 Å². The fourth-order valence-electron chi connectivity index (χ4n) is 3.04. The van der Waals surface area contributed by atoms with Crippen molar-refractivity contribution in [3.63, 3.8) is 0 Å². The molecule has 19 heavy (non-hydrogen) atoms. The lowest BCUT2D eigenvalue weighted by atomic mass is 10.0. The van der Waals surface area contributed by atoms with E-state index in [1.807, 2.05) is 12.1 Å². The van der Waals surface area contributed by atoms with Gasteiger partial charge in [-0.2, -0.15) is 5.26 Å². The van der Waals surface area contributed by atoms with Gasteiger partial charge in [0, 0.05) is 30.9 Å². The van der Waals surface area contributed by atoms with E-state index in [1.165, 1.54) is 24.9 Å². The predicted octanol–water partition coefficient (Wildman–Crippen LogP) is 2.53. The second kappa shape index (κ2) is 5.22. The van der Waals surface area contributed by atoms with Crippen LogP contribution in [0, 0.1) is 17.2 Å². The number of rotatable bonds is 3. The maximum Gasteiger partial charge on any atom is 0.0991 e. The van der Waals surface area contributed by atoms with Crippen molar-refractivity contribution in [2.45, 2.75) is 38.3 Å². The zero-order chi connectivity index (χ0) is 13.2. The molecule has 2 fully saturated rings. The molecule has 1 N–H and O–H groups in total. The van der Waals surface area contributed by atoms with Gasteiger partial charge in [-0.05, 0) is 43.5 Å². The minimum Gasteiger partial charge on any atom is -0.368 e. The van der Waals surface area contributed by atoms with Crippen LogP contribution in [0.5, 0.6) is 0 Å². The van der Waals surface area contributed by atoms with Gasteiger partial charge in [0.1, 0.15) is 0 Å². The lowest BCUT2D eigenvalue weighted by molar-refractivity contribution is 0.360. The summed E-state index contributed by atoms with van der Waals surface area (Å²) in [5.41, 5.74) is 1.98. The predicted molar refractivity (Wildman–Crippen MR) is 77.1 cm³/mol. The Morgan fingerprint density at radius 3 is 2.63 bits per heavy atom. The monoisotopic (exact) mass is 255 g/mol. The Bertz CT molecular complexity index is 468. The molecule has 0 aromatic heterocycles. The summed E-state index contributed by atoms with van der Waals surface area (Å²) < 4.78 is 0. The van der Waals surface area contributed by atoms with Crippen LogP contribution in [-0.4, -0.2) is 25.2 Å². The average Bonchev–Trinajstić information content (AvgIpc) is 3.22. The highest BCUT2D eigenvalue weighted by molar-refractivity contribution is 5.50. The van der Waals surface area contributed by atoms with Gasteiger partial charge in [-0.1, -0.05) is 12.8 Å². The largest absolute Gasteiger partial charge is 0.368 e. The maximum absolute atomic E-state index is 8.86. The van der Waals surface area contributed by atoms with Crippen molar-refractivity contribution in [3.05, 3.63) is 29.8 Å². The Kier molecular flexibility index (Phi) is 3.44. The molecule has 3 rings (SSSR count). The number of nitriles is 1. The summed E-state index contributed by atoms with van der Waals surface area (Å²) in [6.07, 6.45) is 4.16. The zero-order valence-electron chi connectivity index (χ0n) is 11.5. The summed E-state index contributed by atoms with van der Waals surface area (Å²) in [6.45, 7) is 4.40. The van der Waals surface area contributed by atoms with Crippen LogP contribution < -0.4 is 10.2 Å². The van der Waals surface area contributed by atoms with Gasteiger partial charge in [-0.25, -0.2) is 0 Å². The molecule has 1 saturated carbocycles. The zero-order valence-corrected chi connectivity index (χ0v) is 11.5. The smallest absolute Gasteiger partial charge is 0.0991 e. The van der Waals surface area contributed by atoms with Gasteiger partial charge in [0.25, 0.3) is 0 Å². The second-order valence-corrected chi connectivity index (χ2v) is 6.01. The van der Waals surface area contributed by atoms with Crippen LogP contribution in [0.3, 0.4) is 0 Å². The molecule has 3 heteroatoms. The molecule has 0 bridgehead atoms. The maximum atomic E-state index is 8.86. The van der Waals surface area contributed by atoms with Crippen molar-refractivity contribution >= 4 is 5.69 Å². The third-order valence-electron chi connectivity index (χ3n) is 4.13. The molecule has 2 unspecified atom stereocenters. The molecule has 100 valence electrons. The molecule has 1 aliphatic carbocycles. The average molecular weight is 255 g/mol. The highest BCUT2D eigenvalue weighted by atomic mass is 15.2. The van der Waals surface area contributed by atoms with Crippen molar-refractivity contribution in [2.24, 2.45) is 5.92 Å². The third-order valence-corrected chi connectivity index (χ3v) is 4.13. The first kappa shape index (κ1) is 12.5. The van der Waals surface area contributed by atoms with Gasteiger partial charge in [-0.3, -0.25) is 0 Å². The molecule has 0 spiro atoms. The van der Waals surface area contributed by atoms with E-state index in [0.717, 1.165) is 24.6 Å². The van der Waals surface area contributed by atoms with Crippen molar-refractivity contribution in [3.8, 4) is 6.07 Å². The normalized spacial score (nSPS) is 27.1. The number of benzene rings is 1. The first-order valence-electron chi connectivity index (χ1n) is 7.26.